The maximum Gasteiger partial charge on any atom is 0.184 e. The van der Waals surface area contributed by atoms with Crippen LogP contribution in [0.4, 0.5) is 0 Å². The van der Waals surface area contributed by atoms with Crippen molar-refractivity contribution in [2.45, 2.75) is 27.2 Å². The maximum absolute atomic E-state index is 11.5. The van der Waals surface area contributed by atoms with E-state index in [2.05, 4.69) is 0 Å². The normalized spacial score (nSPS) is 17.2. The molecule has 0 spiro atoms. The van der Waals surface area contributed by atoms with E-state index in [1.165, 1.54) is 13.0 Å². The van der Waals surface area contributed by atoms with Crippen LogP contribution in [0.3, 0.4) is 0 Å². The lowest BCUT2D eigenvalue weighted by Gasteiger charge is -2.13. The van der Waals surface area contributed by atoms with Crippen LogP contribution in [0.1, 0.15) is 27.2 Å². The highest BCUT2D eigenvalue weighted by Gasteiger charge is 2.23. The number of carbonyl (C=O) groups is 3. The molecule has 3 nitrogen and oxygen atoms in total. The zero-order chi connectivity index (χ0) is 10.9. The van der Waals surface area contributed by atoms with Gasteiger partial charge in [0.05, 0.1) is 0 Å². The highest BCUT2D eigenvalue weighted by molar-refractivity contribution is 6.23. The predicted octanol–water partition coefficient (Wildman–Crippen LogP) is 1.38. The van der Waals surface area contributed by atoms with Crippen LogP contribution in [0.5, 0.6) is 0 Å². The molecule has 0 heterocycles. The van der Waals surface area contributed by atoms with Crippen molar-refractivity contribution in [3.63, 3.8) is 0 Å². The zero-order valence-corrected chi connectivity index (χ0v) is 8.51. The van der Waals surface area contributed by atoms with Crippen molar-refractivity contribution in [1.29, 1.82) is 0 Å². The second kappa shape index (κ2) is 3.70. The molecular formula is C11H12O3. The molecule has 0 unspecified atom stereocenters. The zero-order valence-electron chi connectivity index (χ0n) is 8.51. The smallest absolute Gasteiger partial charge is 0.184 e. The first-order chi connectivity index (χ1) is 6.43. The van der Waals surface area contributed by atoms with E-state index in [1.54, 1.807) is 13.8 Å². The van der Waals surface area contributed by atoms with Gasteiger partial charge in [-0.2, -0.15) is 0 Å². The molecule has 0 amide bonds. The van der Waals surface area contributed by atoms with Crippen LogP contribution in [0.25, 0.3) is 0 Å². The molecule has 0 fully saturated rings. The number of hydrogen-bond donors (Lipinski definition) is 0. The second-order valence-electron chi connectivity index (χ2n) is 3.50. The van der Waals surface area contributed by atoms with Crippen molar-refractivity contribution in [2.75, 3.05) is 0 Å². The molecule has 74 valence electrons. The topological polar surface area (TPSA) is 51.2 Å². The average molecular weight is 192 g/mol. The number of ketones is 3. The van der Waals surface area contributed by atoms with Crippen molar-refractivity contribution in [1.82, 2.24) is 0 Å². The van der Waals surface area contributed by atoms with Crippen LogP contribution < -0.4 is 0 Å². The molecule has 1 aliphatic rings. The third kappa shape index (κ3) is 1.87. The van der Waals surface area contributed by atoms with E-state index in [9.17, 15) is 14.4 Å². The fourth-order valence-electron chi connectivity index (χ4n) is 1.44. The van der Waals surface area contributed by atoms with Gasteiger partial charge in [-0.15, -0.1) is 0 Å². The second-order valence-corrected chi connectivity index (χ2v) is 3.50. The molecule has 0 aromatic heterocycles. The molecule has 14 heavy (non-hydrogen) atoms. The van der Waals surface area contributed by atoms with Crippen LogP contribution in [0, 0.1) is 0 Å². The number of hydrogen-bond acceptors (Lipinski definition) is 3. The van der Waals surface area contributed by atoms with Crippen molar-refractivity contribution in [3.05, 3.63) is 22.8 Å². The first-order valence-electron chi connectivity index (χ1n) is 4.40. The van der Waals surface area contributed by atoms with Gasteiger partial charge in [0, 0.05) is 23.1 Å². The molecule has 0 radical (unpaired) electrons. The molecule has 0 aromatic rings. The summed E-state index contributed by atoms with van der Waals surface area (Å²) in [5, 5.41) is 0. The summed E-state index contributed by atoms with van der Waals surface area (Å²) in [6.45, 7) is 4.60. The molecule has 0 saturated heterocycles. The summed E-state index contributed by atoms with van der Waals surface area (Å²) in [5.41, 5.74) is 1.19. The van der Waals surface area contributed by atoms with Gasteiger partial charge in [0.15, 0.2) is 11.6 Å². The van der Waals surface area contributed by atoms with Gasteiger partial charge in [-0.25, -0.2) is 0 Å². The quantitative estimate of drug-likeness (QED) is 0.621. The summed E-state index contributed by atoms with van der Waals surface area (Å²) in [4.78, 5) is 33.8. The molecule has 1 aliphatic carbocycles. The Morgan fingerprint density at radius 1 is 1.29 bits per heavy atom. The monoisotopic (exact) mass is 192 g/mol. The maximum atomic E-state index is 11.5. The van der Waals surface area contributed by atoms with Gasteiger partial charge in [0.2, 0.25) is 0 Å². The average Bonchev–Trinajstić information content (AvgIpc) is 2.09. The van der Waals surface area contributed by atoms with E-state index in [1.807, 2.05) is 0 Å². The molecule has 0 saturated carbocycles. The van der Waals surface area contributed by atoms with Crippen molar-refractivity contribution < 1.29 is 14.4 Å². The van der Waals surface area contributed by atoms with E-state index in [-0.39, 0.29) is 23.8 Å². The predicted molar refractivity (Wildman–Crippen MR) is 51.8 cm³/mol. The molecule has 0 atom stereocenters. The molecular weight excluding hydrogens is 180 g/mol. The fourth-order valence-corrected chi connectivity index (χ4v) is 1.44. The molecule has 0 aromatic carbocycles. The molecule has 0 aliphatic heterocycles. The van der Waals surface area contributed by atoms with Crippen LogP contribution in [-0.2, 0) is 14.4 Å². The van der Waals surface area contributed by atoms with Gasteiger partial charge in [0.1, 0.15) is 5.78 Å². The lowest BCUT2D eigenvalue weighted by Crippen LogP contribution is -2.18. The third-order valence-electron chi connectivity index (χ3n) is 2.22. The lowest BCUT2D eigenvalue weighted by atomic mass is 9.89. The minimum Gasteiger partial charge on any atom is -0.300 e. The number of Topliss-reactive ketones (excluding diaryl/α,β-unsaturated/α-hetero) is 2. The number of carbonyl (C=O) groups excluding carboxylic acids is 3. The van der Waals surface area contributed by atoms with E-state index in [0.717, 1.165) is 0 Å². The third-order valence-corrected chi connectivity index (χ3v) is 2.22. The Balaban J connectivity index is 3.10. The minimum absolute atomic E-state index is 0.0557. The summed E-state index contributed by atoms with van der Waals surface area (Å²) >= 11 is 0. The van der Waals surface area contributed by atoms with Gasteiger partial charge >= 0.3 is 0 Å². The van der Waals surface area contributed by atoms with Crippen LogP contribution >= 0.6 is 0 Å². The van der Waals surface area contributed by atoms with E-state index < -0.39 is 0 Å². The Labute approximate surface area is 82.5 Å². The first-order valence-corrected chi connectivity index (χ1v) is 4.40. The molecule has 0 N–H and O–H groups in total. The largest absolute Gasteiger partial charge is 0.300 e. The van der Waals surface area contributed by atoms with Gasteiger partial charge in [-0.3, -0.25) is 14.4 Å². The summed E-state index contributed by atoms with van der Waals surface area (Å²) in [7, 11) is 0. The van der Waals surface area contributed by atoms with Crippen molar-refractivity contribution in [2.24, 2.45) is 0 Å². The van der Waals surface area contributed by atoms with Gasteiger partial charge in [-0.05, 0) is 26.8 Å². The van der Waals surface area contributed by atoms with Crippen LogP contribution in [0.15, 0.2) is 22.8 Å². The van der Waals surface area contributed by atoms with E-state index in [4.69, 9.17) is 0 Å². The summed E-state index contributed by atoms with van der Waals surface area (Å²) in [6, 6.07) is 0. The van der Waals surface area contributed by atoms with Gasteiger partial charge in [0.25, 0.3) is 0 Å². The Morgan fingerprint density at radius 2 is 1.86 bits per heavy atom. The Kier molecular flexibility index (Phi) is 2.79. The standard InChI is InChI=1S/C11H12O3/c1-6-4-10(13)9(5-7(2)12)8(3)11(6)14/h4H,5H2,1-3H3. The molecule has 1 rings (SSSR count). The molecule has 3 heteroatoms. The lowest BCUT2D eigenvalue weighted by molar-refractivity contribution is -0.119. The van der Waals surface area contributed by atoms with E-state index in [0.29, 0.717) is 16.7 Å². The van der Waals surface area contributed by atoms with Crippen molar-refractivity contribution in [3.8, 4) is 0 Å². The highest BCUT2D eigenvalue weighted by atomic mass is 16.1. The molecule has 0 bridgehead atoms. The summed E-state index contributed by atoms with van der Waals surface area (Å²) in [5.74, 6) is -0.455. The van der Waals surface area contributed by atoms with E-state index >= 15 is 0 Å². The Bertz CT molecular complexity index is 383. The summed E-state index contributed by atoms with van der Waals surface area (Å²) in [6.07, 6.45) is 1.35. The first kappa shape index (κ1) is 10.6. The van der Waals surface area contributed by atoms with Crippen LogP contribution in [-0.4, -0.2) is 17.3 Å². The minimum atomic E-state index is -0.213. The number of rotatable bonds is 2. The Morgan fingerprint density at radius 3 is 2.36 bits per heavy atom. The summed E-state index contributed by atoms with van der Waals surface area (Å²) < 4.78 is 0. The number of allylic oxidation sites excluding steroid dienone is 4. The van der Waals surface area contributed by atoms with Crippen LogP contribution in [0.2, 0.25) is 0 Å². The Hall–Kier alpha value is -1.51. The van der Waals surface area contributed by atoms with Gasteiger partial charge < -0.3 is 0 Å². The highest BCUT2D eigenvalue weighted by Crippen LogP contribution is 2.21. The van der Waals surface area contributed by atoms with Gasteiger partial charge in [-0.1, -0.05) is 0 Å². The fraction of sp³-hybridized carbons (Fsp3) is 0.364. The SMILES string of the molecule is CC(=O)CC1=C(C)C(=O)C(C)=CC1=O. The van der Waals surface area contributed by atoms with Crippen molar-refractivity contribution >= 4 is 17.3 Å².